The lowest BCUT2D eigenvalue weighted by molar-refractivity contribution is -0.146. The molecule has 34 heavy (non-hydrogen) atoms. The summed E-state index contributed by atoms with van der Waals surface area (Å²) in [5, 5.41) is 2.89. The first kappa shape index (κ1) is 25.9. The fourth-order valence-electron chi connectivity index (χ4n) is 4.58. The molecule has 1 aliphatic heterocycles. The second-order valence-electron chi connectivity index (χ2n) is 8.99. The molecule has 0 aromatic heterocycles. The second kappa shape index (κ2) is 13.2. The number of nitrogens with two attached hydrogens (primary N) is 1. The van der Waals surface area contributed by atoms with Crippen LogP contribution in [0.3, 0.4) is 0 Å². The fraction of sp³-hybridized carbons (Fsp3) is 0.481. The van der Waals surface area contributed by atoms with Gasteiger partial charge in [0.25, 0.3) is 0 Å². The maximum atomic E-state index is 13.0. The van der Waals surface area contributed by atoms with E-state index in [1.165, 1.54) is 23.8 Å². The molecule has 0 spiro atoms. The molecule has 184 valence electrons. The first-order valence-corrected chi connectivity index (χ1v) is 12.1. The van der Waals surface area contributed by atoms with Crippen molar-refractivity contribution in [2.45, 2.75) is 44.8 Å². The van der Waals surface area contributed by atoms with Gasteiger partial charge in [-0.15, -0.1) is 0 Å². The zero-order valence-electron chi connectivity index (χ0n) is 20.4. The Labute approximate surface area is 203 Å². The number of carbonyl (C=O) groups excluding carboxylic acids is 2. The minimum atomic E-state index is -0.523. The van der Waals surface area contributed by atoms with Crippen LogP contribution < -0.4 is 11.1 Å². The molecule has 2 aromatic carbocycles. The van der Waals surface area contributed by atoms with Crippen LogP contribution in [0.1, 0.15) is 29.5 Å². The first-order chi connectivity index (χ1) is 16.5. The molecule has 1 unspecified atom stereocenters. The maximum absolute atomic E-state index is 13.0. The van der Waals surface area contributed by atoms with Crippen molar-refractivity contribution in [3.05, 3.63) is 71.3 Å². The normalized spacial score (nSPS) is 18.2. The Kier molecular flexibility index (Phi) is 10.1. The number of hydrogen-bond donors (Lipinski definition) is 2. The van der Waals surface area contributed by atoms with Crippen LogP contribution in [0.15, 0.2) is 54.6 Å². The Morgan fingerprint density at radius 3 is 2.53 bits per heavy atom. The van der Waals surface area contributed by atoms with Crippen molar-refractivity contribution in [1.29, 1.82) is 0 Å². The van der Waals surface area contributed by atoms with Crippen molar-refractivity contribution >= 4 is 11.8 Å². The molecule has 0 bridgehead atoms. The number of hydrogen-bond acceptors (Lipinski definition) is 5. The number of rotatable bonds is 11. The molecule has 0 saturated carbocycles. The van der Waals surface area contributed by atoms with Crippen LogP contribution in [0.25, 0.3) is 0 Å². The van der Waals surface area contributed by atoms with Gasteiger partial charge in [0.2, 0.25) is 11.8 Å². The maximum Gasteiger partial charge on any atom is 0.249 e. The van der Waals surface area contributed by atoms with Crippen LogP contribution >= 0.6 is 0 Å². The summed E-state index contributed by atoms with van der Waals surface area (Å²) in [5.74, 6) is -0.291. The van der Waals surface area contributed by atoms with E-state index in [2.05, 4.69) is 65.7 Å². The molecular weight excluding hydrogens is 428 g/mol. The van der Waals surface area contributed by atoms with Gasteiger partial charge < -0.3 is 20.7 Å². The highest BCUT2D eigenvalue weighted by Gasteiger charge is 2.37. The number of amides is 2. The number of methoxy groups -OCH3 is 1. The predicted octanol–water partition coefficient (Wildman–Crippen LogP) is 2.12. The molecule has 1 heterocycles. The lowest BCUT2D eigenvalue weighted by Gasteiger charge is -2.43. The highest BCUT2D eigenvalue weighted by Crippen LogP contribution is 2.25. The van der Waals surface area contributed by atoms with Crippen LogP contribution in [0, 0.1) is 6.92 Å². The predicted molar refractivity (Wildman–Crippen MR) is 134 cm³/mol. The van der Waals surface area contributed by atoms with E-state index in [9.17, 15) is 9.59 Å². The smallest absolute Gasteiger partial charge is 0.249 e. The zero-order chi connectivity index (χ0) is 24.3. The Balaban J connectivity index is 1.78. The van der Waals surface area contributed by atoms with Gasteiger partial charge in [-0.2, -0.15) is 0 Å². The minimum absolute atomic E-state index is 0.0214. The van der Waals surface area contributed by atoms with E-state index in [4.69, 9.17) is 10.5 Å². The number of aryl methyl sites for hydroxylation is 1. The van der Waals surface area contributed by atoms with Gasteiger partial charge in [0.1, 0.15) is 12.6 Å². The summed E-state index contributed by atoms with van der Waals surface area (Å²) in [6.45, 7) is 5.05. The monoisotopic (exact) mass is 466 g/mol. The summed E-state index contributed by atoms with van der Waals surface area (Å²) in [7, 11) is 1.50. The highest BCUT2D eigenvalue weighted by atomic mass is 16.5. The fourth-order valence-corrected chi connectivity index (χ4v) is 4.58. The molecule has 3 N–H and O–H groups in total. The van der Waals surface area contributed by atoms with Gasteiger partial charge in [-0.3, -0.25) is 14.5 Å². The largest absolute Gasteiger partial charge is 0.375 e. The van der Waals surface area contributed by atoms with Gasteiger partial charge in [-0.05, 0) is 37.3 Å². The number of ether oxygens (including phenoxy) is 1. The topological polar surface area (TPSA) is 87.9 Å². The van der Waals surface area contributed by atoms with Crippen molar-refractivity contribution in [2.75, 3.05) is 39.9 Å². The Bertz CT molecular complexity index is 904. The first-order valence-electron chi connectivity index (χ1n) is 12.1. The van der Waals surface area contributed by atoms with Crippen LogP contribution in [-0.2, 0) is 27.3 Å². The van der Waals surface area contributed by atoms with E-state index in [-0.39, 0.29) is 24.5 Å². The van der Waals surface area contributed by atoms with Crippen LogP contribution in [0.4, 0.5) is 0 Å². The van der Waals surface area contributed by atoms with Crippen molar-refractivity contribution in [2.24, 2.45) is 5.73 Å². The Morgan fingerprint density at radius 1 is 1.12 bits per heavy atom. The van der Waals surface area contributed by atoms with Crippen LogP contribution in [0.5, 0.6) is 0 Å². The molecule has 7 nitrogen and oxygen atoms in total. The number of nitrogens with one attached hydrogen (secondary N) is 1. The lowest BCUT2D eigenvalue weighted by atomic mass is 9.93. The number of likely N-dealkylation sites (tertiary alicyclic amines) is 1. The van der Waals surface area contributed by atoms with Crippen molar-refractivity contribution in [3.8, 4) is 0 Å². The number of piperidine rings is 1. The van der Waals surface area contributed by atoms with Gasteiger partial charge in [0, 0.05) is 45.9 Å². The molecule has 1 aliphatic rings. The summed E-state index contributed by atoms with van der Waals surface area (Å²) in [6, 6.07) is 18.8. The molecule has 7 heteroatoms. The molecule has 2 amide bonds. The summed E-state index contributed by atoms with van der Waals surface area (Å²) in [4.78, 5) is 29.8. The molecule has 0 aliphatic carbocycles. The average molecular weight is 467 g/mol. The molecule has 1 fully saturated rings. The molecule has 2 atom stereocenters. The minimum Gasteiger partial charge on any atom is -0.375 e. The van der Waals surface area contributed by atoms with E-state index in [0.717, 1.165) is 25.9 Å². The van der Waals surface area contributed by atoms with E-state index in [0.29, 0.717) is 26.1 Å². The number of carbonyl (C=O) groups is 2. The van der Waals surface area contributed by atoms with E-state index in [1.54, 1.807) is 4.90 Å². The standard InChI is InChI=1S/C27H38N4O3/c1-21-8-10-23(11-9-21)19-30(16-12-22-6-4-3-5-7-22)24-13-17-31(26(32)20-34-2)25(18-24)27(33)29-15-14-28/h3-11,24-25H,12-20,28H2,1-2H3,(H,29,33)/t24?,25-/m1/s1. The summed E-state index contributed by atoms with van der Waals surface area (Å²) in [5.41, 5.74) is 9.37. The average Bonchev–Trinajstić information content (AvgIpc) is 2.86. The van der Waals surface area contributed by atoms with Gasteiger partial charge in [-0.25, -0.2) is 0 Å². The lowest BCUT2D eigenvalue weighted by Crippen LogP contribution is -2.58. The third-order valence-corrected chi connectivity index (χ3v) is 6.46. The van der Waals surface area contributed by atoms with Crippen LogP contribution in [-0.4, -0.2) is 73.6 Å². The zero-order valence-corrected chi connectivity index (χ0v) is 20.4. The summed E-state index contributed by atoms with van der Waals surface area (Å²) >= 11 is 0. The Hall–Kier alpha value is -2.74. The molecule has 1 saturated heterocycles. The molecule has 0 radical (unpaired) electrons. The van der Waals surface area contributed by atoms with Crippen LogP contribution in [0.2, 0.25) is 0 Å². The van der Waals surface area contributed by atoms with E-state index in [1.807, 2.05) is 6.07 Å². The third kappa shape index (κ3) is 7.38. The number of benzene rings is 2. The molecule has 2 aromatic rings. The van der Waals surface area contributed by atoms with Gasteiger partial charge >= 0.3 is 0 Å². The quantitative estimate of drug-likeness (QED) is 0.530. The SMILES string of the molecule is COCC(=O)N1CCC(N(CCc2ccccc2)Cc2ccc(C)cc2)C[C@@H]1C(=O)NCCN. The van der Waals surface area contributed by atoms with Gasteiger partial charge in [0.05, 0.1) is 0 Å². The Morgan fingerprint density at radius 2 is 1.85 bits per heavy atom. The third-order valence-electron chi connectivity index (χ3n) is 6.46. The van der Waals surface area contributed by atoms with E-state index >= 15 is 0 Å². The van der Waals surface area contributed by atoms with E-state index < -0.39 is 6.04 Å². The highest BCUT2D eigenvalue weighted by molar-refractivity contribution is 5.88. The van der Waals surface area contributed by atoms with Crippen molar-refractivity contribution in [3.63, 3.8) is 0 Å². The second-order valence-corrected chi connectivity index (χ2v) is 8.99. The van der Waals surface area contributed by atoms with Crippen molar-refractivity contribution in [1.82, 2.24) is 15.1 Å². The number of nitrogens with zero attached hydrogens (tertiary/aromatic N) is 2. The van der Waals surface area contributed by atoms with Gasteiger partial charge in [-0.1, -0.05) is 60.2 Å². The van der Waals surface area contributed by atoms with Crippen molar-refractivity contribution < 1.29 is 14.3 Å². The molecule has 3 rings (SSSR count). The summed E-state index contributed by atoms with van der Waals surface area (Å²) < 4.78 is 5.06. The molecular formula is C27H38N4O3. The van der Waals surface area contributed by atoms with Gasteiger partial charge in [0.15, 0.2) is 0 Å². The summed E-state index contributed by atoms with van der Waals surface area (Å²) in [6.07, 6.45) is 2.34.